The summed E-state index contributed by atoms with van der Waals surface area (Å²) in [5.41, 5.74) is 4.24. The van der Waals surface area contributed by atoms with Crippen molar-refractivity contribution in [3.63, 3.8) is 0 Å². The molecule has 6 aromatic rings. The first kappa shape index (κ1) is 34.8. The fourth-order valence-electron chi connectivity index (χ4n) is 5.76. The quantitative estimate of drug-likeness (QED) is 0.0918. The van der Waals surface area contributed by atoms with Crippen LogP contribution in [0.5, 0.6) is 0 Å². The summed E-state index contributed by atoms with van der Waals surface area (Å²) in [6, 6.07) is 35.1. The van der Waals surface area contributed by atoms with Gasteiger partial charge in [0.15, 0.2) is 0 Å². The second kappa shape index (κ2) is 15.7. The van der Waals surface area contributed by atoms with Gasteiger partial charge in [-0.05, 0) is 86.2 Å². The van der Waals surface area contributed by atoms with Gasteiger partial charge in [0, 0.05) is 65.8 Å². The van der Waals surface area contributed by atoms with Crippen LogP contribution in [-0.2, 0) is 16.1 Å². The molecule has 0 fully saturated rings. The van der Waals surface area contributed by atoms with Gasteiger partial charge in [0.25, 0.3) is 11.8 Å². The number of nitrogens with one attached hydrogen (secondary N) is 3. The average molecular weight is 722 g/mol. The smallest absolute Gasteiger partial charge is 0.272 e. The predicted octanol–water partition coefficient (Wildman–Crippen LogP) is 10.0. The highest BCUT2D eigenvalue weighted by Crippen LogP contribution is 2.33. The fraction of sp³-hybridized carbons (Fsp3) is 0.125. The molecule has 1 aromatic heterocycles. The lowest BCUT2D eigenvalue weighted by Crippen LogP contribution is -2.30. The van der Waals surface area contributed by atoms with Crippen LogP contribution in [0.4, 0.5) is 11.4 Å². The number of benzene rings is 5. The van der Waals surface area contributed by atoms with Gasteiger partial charge in [0.1, 0.15) is 5.70 Å². The van der Waals surface area contributed by atoms with E-state index in [1.54, 1.807) is 66.7 Å². The molecule has 3 amide bonds. The van der Waals surface area contributed by atoms with Crippen molar-refractivity contribution >= 4 is 91.9 Å². The lowest BCUT2D eigenvalue weighted by molar-refractivity contribution is -0.116. The van der Waals surface area contributed by atoms with Gasteiger partial charge in [-0.3, -0.25) is 14.4 Å². The number of anilines is 2. The van der Waals surface area contributed by atoms with Crippen LogP contribution < -0.4 is 16.0 Å². The highest BCUT2D eigenvalue weighted by atomic mass is 35.5. The molecular formula is C40H34Cl2N4O3S. The van der Waals surface area contributed by atoms with Gasteiger partial charge in [0.05, 0.1) is 5.25 Å². The number of thioether (sulfide) groups is 1. The van der Waals surface area contributed by atoms with E-state index in [-0.39, 0.29) is 11.6 Å². The molecule has 10 heteroatoms. The second-order valence-electron chi connectivity index (χ2n) is 11.5. The summed E-state index contributed by atoms with van der Waals surface area (Å²) in [7, 11) is 0. The minimum Gasteiger partial charge on any atom is -0.341 e. The molecule has 0 aliphatic carbocycles. The molecule has 1 atom stereocenters. The number of rotatable bonds is 11. The molecule has 1 heterocycles. The van der Waals surface area contributed by atoms with Crippen molar-refractivity contribution in [1.82, 2.24) is 9.88 Å². The van der Waals surface area contributed by atoms with Crippen LogP contribution in [-0.4, -0.2) is 27.5 Å². The van der Waals surface area contributed by atoms with E-state index in [1.807, 2.05) is 37.3 Å². The van der Waals surface area contributed by atoms with E-state index in [9.17, 15) is 14.4 Å². The van der Waals surface area contributed by atoms with Crippen molar-refractivity contribution in [3.05, 3.63) is 142 Å². The van der Waals surface area contributed by atoms with Gasteiger partial charge >= 0.3 is 0 Å². The molecule has 0 aliphatic heterocycles. The Labute approximate surface area is 304 Å². The third kappa shape index (κ3) is 7.73. The number of halogens is 2. The predicted molar refractivity (Wildman–Crippen MR) is 207 cm³/mol. The zero-order chi connectivity index (χ0) is 35.2. The first-order chi connectivity index (χ1) is 24.2. The minimum atomic E-state index is -0.572. The van der Waals surface area contributed by atoms with Crippen molar-refractivity contribution in [1.29, 1.82) is 0 Å². The molecule has 6 rings (SSSR count). The van der Waals surface area contributed by atoms with Crippen molar-refractivity contribution < 1.29 is 14.4 Å². The molecule has 0 radical (unpaired) electrons. The van der Waals surface area contributed by atoms with Crippen LogP contribution in [0.25, 0.3) is 27.9 Å². The standard InChI is InChI=1S/C40H34Cl2N4O3S/c1-3-37(40(49)44-27-20-21-36-30(23-27)29-16-8-9-19-35(29)46(36)4-2)50-28-15-10-14-26(22-28)43-39(48)34(24-31-32(41)17-11-18-33(31)42)45-38(47)25-12-6-5-7-13-25/h5-24,37H,3-4H2,1-2H3,(H,43,48)(H,44,49)(H,45,47)/b34-24+. The Morgan fingerprint density at radius 1 is 0.740 bits per heavy atom. The summed E-state index contributed by atoms with van der Waals surface area (Å²) in [4.78, 5) is 41.0. The zero-order valence-electron chi connectivity index (χ0n) is 27.4. The highest BCUT2D eigenvalue weighted by Gasteiger charge is 2.21. The molecule has 3 N–H and O–H groups in total. The van der Waals surface area contributed by atoms with Crippen molar-refractivity contribution in [2.75, 3.05) is 10.6 Å². The maximum atomic E-state index is 13.7. The Bertz CT molecular complexity index is 2230. The number of nitrogens with zero attached hydrogens (tertiary/aromatic N) is 1. The van der Waals surface area contributed by atoms with Crippen molar-refractivity contribution in [3.8, 4) is 0 Å². The number of amides is 3. The van der Waals surface area contributed by atoms with Gasteiger partial charge in [-0.1, -0.05) is 78.7 Å². The van der Waals surface area contributed by atoms with E-state index in [1.165, 1.54) is 17.8 Å². The van der Waals surface area contributed by atoms with E-state index < -0.39 is 17.1 Å². The second-order valence-corrected chi connectivity index (χ2v) is 13.6. The van der Waals surface area contributed by atoms with E-state index in [0.29, 0.717) is 33.3 Å². The normalized spacial score (nSPS) is 12.1. The molecule has 7 nitrogen and oxygen atoms in total. The van der Waals surface area contributed by atoms with E-state index in [4.69, 9.17) is 23.2 Å². The molecule has 1 unspecified atom stereocenters. The van der Waals surface area contributed by atoms with Crippen LogP contribution in [0.15, 0.2) is 126 Å². The lowest BCUT2D eigenvalue weighted by Gasteiger charge is -2.16. The van der Waals surface area contributed by atoms with E-state index in [2.05, 4.69) is 45.6 Å². The average Bonchev–Trinajstić information content (AvgIpc) is 3.44. The molecule has 252 valence electrons. The topological polar surface area (TPSA) is 92.2 Å². The Kier molecular flexibility index (Phi) is 10.9. The first-order valence-corrected chi connectivity index (χ1v) is 17.8. The number of hydrogen-bond acceptors (Lipinski definition) is 4. The summed E-state index contributed by atoms with van der Waals surface area (Å²) in [6.45, 7) is 4.94. The molecule has 5 aromatic carbocycles. The Morgan fingerprint density at radius 3 is 2.16 bits per heavy atom. The van der Waals surface area contributed by atoms with Crippen LogP contribution in [0.1, 0.15) is 36.2 Å². The van der Waals surface area contributed by atoms with Gasteiger partial charge in [0.2, 0.25) is 5.91 Å². The number of fused-ring (bicyclic) bond motifs is 3. The number of para-hydroxylation sites is 1. The van der Waals surface area contributed by atoms with E-state index >= 15 is 0 Å². The Balaban J connectivity index is 1.19. The molecule has 0 bridgehead atoms. The number of carbonyl (C=O) groups excluding carboxylic acids is 3. The molecule has 0 spiro atoms. The summed E-state index contributed by atoms with van der Waals surface area (Å²) in [6.07, 6.45) is 2.04. The Morgan fingerprint density at radius 2 is 1.42 bits per heavy atom. The largest absolute Gasteiger partial charge is 0.341 e. The third-order valence-electron chi connectivity index (χ3n) is 8.21. The fourth-order valence-corrected chi connectivity index (χ4v) is 7.28. The lowest BCUT2D eigenvalue weighted by atomic mass is 10.1. The van der Waals surface area contributed by atoms with Gasteiger partial charge in [-0.2, -0.15) is 0 Å². The number of aryl methyl sites for hydroxylation is 1. The third-order valence-corrected chi connectivity index (χ3v) is 10.2. The highest BCUT2D eigenvalue weighted by molar-refractivity contribution is 8.00. The van der Waals surface area contributed by atoms with Crippen molar-refractivity contribution in [2.45, 2.75) is 37.0 Å². The number of carbonyl (C=O) groups is 3. The van der Waals surface area contributed by atoms with Gasteiger partial charge in [-0.15, -0.1) is 11.8 Å². The molecule has 50 heavy (non-hydrogen) atoms. The van der Waals surface area contributed by atoms with E-state index in [0.717, 1.165) is 38.9 Å². The SMILES string of the molecule is CCC(Sc1cccc(NC(=O)/C(=C\c2c(Cl)cccc2Cl)NC(=O)c2ccccc2)c1)C(=O)Nc1ccc2c(c1)c1ccccc1n2CC. The molecular weight excluding hydrogens is 687 g/mol. The summed E-state index contributed by atoms with van der Waals surface area (Å²) in [5, 5.41) is 11.2. The van der Waals surface area contributed by atoms with Crippen LogP contribution in [0.2, 0.25) is 10.0 Å². The summed E-state index contributed by atoms with van der Waals surface area (Å²) < 4.78 is 2.27. The first-order valence-electron chi connectivity index (χ1n) is 16.2. The Hall–Kier alpha value is -5.02. The van der Waals surface area contributed by atoms with Gasteiger partial charge < -0.3 is 20.5 Å². The zero-order valence-corrected chi connectivity index (χ0v) is 29.7. The van der Waals surface area contributed by atoms with Crippen molar-refractivity contribution in [2.24, 2.45) is 0 Å². The van der Waals surface area contributed by atoms with Crippen LogP contribution in [0, 0.1) is 0 Å². The number of aromatic nitrogens is 1. The maximum Gasteiger partial charge on any atom is 0.272 e. The monoisotopic (exact) mass is 720 g/mol. The summed E-state index contributed by atoms with van der Waals surface area (Å²) in [5.74, 6) is -1.15. The molecule has 0 aliphatic rings. The van der Waals surface area contributed by atoms with Crippen LogP contribution >= 0.6 is 35.0 Å². The maximum absolute atomic E-state index is 13.7. The summed E-state index contributed by atoms with van der Waals surface area (Å²) >= 11 is 14.2. The number of hydrogen-bond donors (Lipinski definition) is 3. The van der Waals surface area contributed by atoms with Gasteiger partial charge in [-0.25, -0.2) is 0 Å². The minimum absolute atomic E-state index is 0.0447. The van der Waals surface area contributed by atoms with Crippen LogP contribution in [0.3, 0.4) is 0 Å². The molecule has 0 saturated carbocycles. The molecule has 0 saturated heterocycles.